The minimum Gasteiger partial charge on any atom is -0.266 e. The lowest BCUT2D eigenvalue weighted by atomic mass is 10.2. The zero-order chi connectivity index (χ0) is 17.9. The maximum atomic E-state index is 13.1. The topological polar surface area (TPSA) is 45.6 Å². The van der Waals surface area contributed by atoms with Crippen LogP contribution in [0.3, 0.4) is 0 Å². The first kappa shape index (κ1) is 16.6. The van der Waals surface area contributed by atoms with Crippen LogP contribution < -0.4 is 5.01 Å². The number of nitrogens with zero attached hydrogens (tertiary/aromatic N) is 3. The molecule has 2 aromatic carbocycles. The average molecular weight is 381 g/mol. The lowest BCUT2D eigenvalue weighted by molar-refractivity contribution is 0.0991. The van der Waals surface area contributed by atoms with E-state index in [9.17, 15) is 9.18 Å². The summed E-state index contributed by atoms with van der Waals surface area (Å²) < 4.78 is 14.0. The number of carbonyl (C=O) groups is 1. The number of hydrazone groups is 1. The Morgan fingerprint density at radius 2 is 1.88 bits per heavy atom. The second-order valence-electron chi connectivity index (χ2n) is 5.35. The van der Waals surface area contributed by atoms with Crippen LogP contribution in [0.5, 0.6) is 0 Å². The molecule has 0 aliphatic heterocycles. The number of thiophene rings is 1. The molecule has 0 aliphatic carbocycles. The fraction of sp³-hybridized carbons (Fsp3) is 0. The third-order valence-corrected chi connectivity index (χ3v) is 5.45. The number of hydrogen-bond donors (Lipinski definition) is 0. The maximum absolute atomic E-state index is 13.1. The summed E-state index contributed by atoms with van der Waals surface area (Å²) in [4.78, 5) is 18.0. The molecular formula is C19H12FN3OS2. The third kappa shape index (κ3) is 3.40. The van der Waals surface area contributed by atoms with Crippen molar-refractivity contribution in [2.45, 2.75) is 0 Å². The van der Waals surface area contributed by atoms with Crippen molar-refractivity contribution in [3.05, 3.63) is 82.3 Å². The highest BCUT2D eigenvalue weighted by atomic mass is 32.1. The predicted octanol–water partition coefficient (Wildman–Crippen LogP) is 5.18. The molecule has 0 saturated carbocycles. The van der Waals surface area contributed by atoms with Crippen molar-refractivity contribution < 1.29 is 9.18 Å². The van der Waals surface area contributed by atoms with E-state index in [2.05, 4.69) is 10.1 Å². The van der Waals surface area contributed by atoms with Crippen molar-refractivity contribution >= 4 is 50.1 Å². The van der Waals surface area contributed by atoms with Gasteiger partial charge in [-0.1, -0.05) is 41.7 Å². The van der Waals surface area contributed by atoms with Crippen LogP contribution in [0.1, 0.15) is 15.2 Å². The maximum Gasteiger partial charge on any atom is 0.290 e. The van der Waals surface area contributed by atoms with Gasteiger partial charge in [0.05, 0.1) is 21.3 Å². The number of aromatic nitrogens is 1. The van der Waals surface area contributed by atoms with E-state index in [0.717, 1.165) is 10.2 Å². The summed E-state index contributed by atoms with van der Waals surface area (Å²) >= 11 is 2.74. The number of rotatable bonds is 4. The molecule has 0 fully saturated rings. The molecule has 4 aromatic rings. The van der Waals surface area contributed by atoms with Crippen LogP contribution in [0, 0.1) is 5.82 Å². The molecule has 0 N–H and O–H groups in total. The number of fused-ring (bicyclic) bond motifs is 1. The summed E-state index contributed by atoms with van der Waals surface area (Å²) in [5.41, 5.74) is 1.50. The molecule has 0 saturated heterocycles. The number of amides is 1. The molecule has 7 heteroatoms. The van der Waals surface area contributed by atoms with Crippen molar-refractivity contribution in [1.82, 2.24) is 4.98 Å². The zero-order valence-electron chi connectivity index (χ0n) is 13.4. The first-order valence-corrected chi connectivity index (χ1v) is 9.43. The predicted molar refractivity (Wildman–Crippen MR) is 105 cm³/mol. The summed E-state index contributed by atoms with van der Waals surface area (Å²) in [5.74, 6) is -0.572. The third-order valence-electron chi connectivity index (χ3n) is 3.58. The molecule has 26 heavy (non-hydrogen) atoms. The van der Waals surface area contributed by atoms with Crippen LogP contribution >= 0.6 is 22.7 Å². The van der Waals surface area contributed by atoms with E-state index in [-0.39, 0.29) is 11.7 Å². The number of benzene rings is 2. The van der Waals surface area contributed by atoms with Crippen LogP contribution in [0.2, 0.25) is 0 Å². The van der Waals surface area contributed by atoms with Gasteiger partial charge in [0.2, 0.25) is 5.13 Å². The lowest BCUT2D eigenvalue weighted by Gasteiger charge is -2.12. The molecule has 0 atom stereocenters. The summed E-state index contributed by atoms with van der Waals surface area (Å²) in [6.45, 7) is 0. The van der Waals surface area contributed by atoms with Gasteiger partial charge in [0, 0.05) is 0 Å². The Bertz CT molecular complexity index is 1040. The molecule has 0 spiro atoms. The molecule has 1 amide bonds. The van der Waals surface area contributed by atoms with Gasteiger partial charge in [-0.15, -0.1) is 11.3 Å². The van der Waals surface area contributed by atoms with Crippen LogP contribution in [0.4, 0.5) is 9.52 Å². The number of para-hydroxylation sites is 1. The van der Waals surface area contributed by atoms with Gasteiger partial charge < -0.3 is 0 Å². The van der Waals surface area contributed by atoms with Crippen molar-refractivity contribution in [3.63, 3.8) is 0 Å². The van der Waals surface area contributed by atoms with Crippen LogP contribution in [-0.4, -0.2) is 17.1 Å². The molecule has 2 heterocycles. The van der Waals surface area contributed by atoms with Crippen molar-refractivity contribution in [3.8, 4) is 0 Å². The van der Waals surface area contributed by atoms with Crippen LogP contribution in [0.15, 0.2) is 71.1 Å². The average Bonchev–Trinajstić information content (AvgIpc) is 3.33. The Kier molecular flexibility index (Phi) is 4.55. The van der Waals surface area contributed by atoms with E-state index in [0.29, 0.717) is 15.6 Å². The normalized spacial score (nSPS) is 11.3. The van der Waals surface area contributed by atoms with E-state index in [1.54, 1.807) is 18.2 Å². The second-order valence-corrected chi connectivity index (χ2v) is 7.31. The van der Waals surface area contributed by atoms with E-state index in [1.807, 2.05) is 35.7 Å². The molecule has 0 unspecified atom stereocenters. The Morgan fingerprint density at radius 3 is 2.62 bits per heavy atom. The largest absolute Gasteiger partial charge is 0.290 e. The van der Waals surface area contributed by atoms with Gasteiger partial charge in [-0.2, -0.15) is 10.1 Å². The zero-order valence-corrected chi connectivity index (χ0v) is 15.0. The van der Waals surface area contributed by atoms with Crippen LogP contribution in [0.25, 0.3) is 10.2 Å². The highest BCUT2D eigenvalue weighted by Crippen LogP contribution is 2.30. The quantitative estimate of drug-likeness (QED) is 0.361. The van der Waals surface area contributed by atoms with E-state index in [4.69, 9.17) is 0 Å². The van der Waals surface area contributed by atoms with Gasteiger partial charge in [-0.25, -0.2) is 9.37 Å². The number of hydrogen-bond acceptors (Lipinski definition) is 5. The van der Waals surface area contributed by atoms with Gasteiger partial charge in [0.1, 0.15) is 5.82 Å². The molecule has 0 aliphatic rings. The summed E-state index contributed by atoms with van der Waals surface area (Å²) in [6, 6.07) is 17.2. The van der Waals surface area contributed by atoms with Crippen molar-refractivity contribution in [1.29, 1.82) is 0 Å². The van der Waals surface area contributed by atoms with Crippen molar-refractivity contribution in [2.24, 2.45) is 5.10 Å². The number of thiazole rings is 1. The SMILES string of the molecule is O=C(c1cccs1)N(/N=C\c1ccc(F)cc1)c1nc2ccccc2s1. The summed E-state index contributed by atoms with van der Waals surface area (Å²) in [6.07, 6.45) is 1.52. The summed E-state index contributed by atoms with van der Waals surface area (Å²) in [7, 11) is 0. The van der Waals surface area contributed by atoms with Gasteiger partial charge in [-0.3, -0.25) is 4.79 Å². The number of halogens is 1. The Morgan fingerprint density at radius 1 is 1.08 bits per heavy atom. The van der Waals surface area contributed by atoms with Gasteiger partial charge >= 0.3 is 0 Å². The fourth-order valence-electron chi connectivity index (χ4n) is 2.32. The molecular weight excluding hydrogens is 369 g/mol. The first-order valence-electron chi connectivity index (χ1n) is 7.74. The monoisotopic (exact) mass is 381 g/mol. The Labute approximate surface area is 156 Å². The number of anilines is 1. The summed E-state index contributed by atoms with van der Waals surface area (Å²) in [5, 5.41) is 7.96. The van der Waals surface area contributed by atoms with Crippen molar-refractivity contribution in [2.75, 3.05) is 5.01 Å². The van der Waals surface area contributed by atoms with Gasteiger partial charge in [0.25, 0.3) is 5.91 Å². The molecule has 4 rings (SSSR count). The Balaban J connectivity index is 1.73. The standard InChI is InChI=1S/C19H12FN3OS2/c20-14-9-7-13(8-10-14)12-21-23(18(24)17-6-3-11-25-17)19-22-15-4-1-2-5-16(15)26-19/h1-12H/b21-12-. The second kappa shape index (κ2) is 7.15. The highest BCUT2D eigenvalue weighted by Gasteiger charge is 2.21. The first-order chi connectivity index (χ1) is 12.7. The molecule has 0 bridgehead atoms. The minimum absolute atomic E-state index is 0.252. The van der Waals surface area contributed by atoms with E-state index >= 15 is 0 Å². The van der Waals surface area contributed by atoms with E-state index < -0.39 is 0 Å². The lowest BCUT2D eigenvalue weighted by Crippen LogP contribution is -2.24. The van der Waals surface area contributed by atoms with Gasteiger partial charge in [-0.05, 0) is 41.3 Å². The smallest absolute Gasteiger partial charge is 0.266 e. The Hall–Kier alpha value is -2.90. The minimum atomic E-state index is -0.320. The molecule has 2 aromatic heterocycles. The molecule has 128 valence electrons. The molecule has 4 nitrogen and oxygen atoms in total. The fourth-order valence-corrected chi connectivity index (χ4v) is 3.89. The number of carbonyl (C=O) groups excluding carboxylic acids is 1. The molecule has 0 radical (unpaired) electrons. The van der Waals surface area contributed by atoms with Gasteiger partial charge in [0.15, 0.2) is 0 Å². The van der Waals surface area contributed by atoms with Crippen LogP contribution in [-0.2, 0) is 0 Å². The van der Waals surface area contributed by atoms with E-state index in [1.165, 1.54) is 46.0 Å². The highest BCUT2D eigenvalue weighted by molar-refractivity contribution is 7.22.